The van der Waals surface area contributed by atoms with Gasteiger partial charge in [-0.3, -0.25) is 4.79 Å². The minimum Gasteiger partial charge on any atom is -0.435 e. The van der Waals surface area contributed by atoms with E-state index in [9.17, 15) is 26.7 Å². The molecule has 28 heavy (non-hydrogen) atoms. The second-order valence-electron chi connectivity index (χ2n) is 5.57. The van der Waals surface area contributed by atoms with Crippen LogP contribution in [0.5, 0.6) is 11.5 Å². The van der Waals surface area contributed by atoms with Crippen LogP contribution in [0, 0.1) is 5.82 Å². The van der Waals surface area contributed by atoms with E-state index in [1.807, 2.05) is 0 Å². The van der Waals surface area contributed by atoms with Gasteiger partial charge in [-0.1, -0.05) is 12.1 Å². The quantitative estimate of drug-likeness (QED) is 0.505. The van der Waals surface area contributed by atoms with Crippen molar-refractivity contribution in [3.63, 3.8) is 0 Å². The van der Waals surface area contributed by atoms with Gasteiger partial charge >= 0.3 is 13.2 Å². The third-order valence-electron chi connectivity index (χ3n) is 3.57. The van der Waals surface area contributed by atoms with Crippen molar-refractivity contribution in [2.75, 3.05) is 0 Å². The Labute approximate surface area is 157 Å². The molecular formula is C19H16F5NO3. The number of amides is 1. The molecule has 0 saturated carbocycles. The van der Waals surface area contributed by atoms with Crippen LogP contribution in [0.3, 0.4) is 0 Å². The second kappa shape index (κ2) is 9.72. The monoisotopic (exact) mass is 401 g/mol. The van der Waals surface area contributed by atoms with E-state index in [-0.39, 0.29) is 11.3 Å². The number of hydrogen-bond donors (Lipinski definition) is 1. The summed E-state index contributed by atoms with van der Waals surface area (Å²) < 4.78 is 70.9. The molecule has 4 nitrogen and oxygen atoms in total. The number of hydrogen-bond acceptors (Lipinski definition) is 3. The van der Waals surface area contributed by atoms with Crippen LogP contribution in [0.2, 0.25) is 0 Å². The van der Waals surface area contributed by atoms with Crippen LogP contribution < -0.4 is 14.8 Å². The molecule has 0 spiro atoms. The van der Waals surface area contributed by atoms with Crippen molar-refractivity contribution < 1.29 is 36.2 Å². The second-order valence-corrected chi connectivity index (χ2v) is 5.57. The van der Waals surface area contributed by atoms with Crippen molar-refractivity contribution in [1.29, 1.82) is 0 Å². The summed E-state index contributed by atoms with van der Waals surface area (Å²) >= 11 is 0. The molecule has 0 heterocycles. The third kappa shape index (κ3) is 6.57. The number of alkyl halides is 4. The fourth-order valence-corrected chi connectivity index (χ4v) is 2.29. The number of benzene rings is 2. The van der Waals surface area contributed by atoms with Crippen molar-refractivity contribution in [3.8, 4) is 11.5 Å². The highest BCUT2D eigenvalue weighted by atomic mass is 19.3. The van der Waals surface area contributed by atoms with Crippen molar-refractivity contribution in [1.82, 2.24) is 5.32 Å². The predicted molar refractivity (Wildman–Crippen MR) is 91.7 cm³/mol. The normalized spacial score (nSPS) is 12.4. The first kappa shape index (κ1) is 21.2. The van der Waals surface area contributed by atoms with E-state index in [1.54, 1.807) is 6.92 Å². The van der Waals surface area contributed by atoms with E-state index in [4.69, 9.17) is 0 Å². The molecule has 1 atom stereocenters. The Morgan fingerprint density at radius 3 is 2.25 bits per heavy atom. The van der Waals surface area contributed by atoms with Crippen molar-refractivity contribution >= 4 is 12.0 Å². The highest BCUT2D eigenvalue weighted by molar-refractivity contribution is 5.92. The molecule has 0 aliphatic rings. The summed E-state index contributed by atoms with van der Waals surface area (Å²) in [6.07, 6.45) is 2.26. The van der Waals surface area contributed by atoms with Gasteiger partial charge in [0.2, 0.25) is 5.91 Å². The lowest BCUT2D eigenvalue weighted by molar-refractivity contribution is -0.117. The Morgan fingerprint density at radius 2 is 1.64 bits per heavy atom. The van der Waals surface area contributed by atoms with Crippen LogP contribution >= 0.6 is 0 Å². The minimum absolute atomic E-state index is 0.0616. The van der Waals surface area contributed by atoms with Gasteiger partial charge in [0.15, 0.2) is 0 Å². The molecule has 2 rings (SSSR count). The average Bonchev–Trinajstić information content (AvgIpc) is 2.60. The maximum absolute atomic E-state index is 12.9. The molecule has 2 aromatic carbocycles. The van der Waals surface area contributed by atoms with Crippen molar-refractivity contribution in [3.05, 3.63) is 65.5 Å². The van der Waals surface area contributed by atoms with Gasteiger partial charge in [-0.25, -0.2) is 4.39 Å². The predicted octanol–water partition coefficient (Wildman–Crippen LogP) is 4.92. The molecule has 0 bridgehead atoms. The largest absolute Gasteiger partial charge is 0.435 e. The summed E-state index contributed by atoms with van der Waals surface area (Å²) in [6.45, 7) is -4.64. The topological polar surface area (TPSA) is 47.6 Å². The lowest BCUT2D eigenvalue weighted by Gasteiger charge is -2.13. The average molecular weight is 401 g/mol. The number of nitrogens with one attached hydrogen (secondary N) is 1. The van der Waals surface area contributed by atoms with E-state index < -0.39 is 36.7 Å². The lowest BCUT2D eigenvalue weighted by atomic mass is 10.1. The molecule has 0 aliphatic heterocycles. The number of carbonyl (C=O) groups is 1. The van der Waals surface area contributed by atoms with Gasteiger partial charge in [-0.05, 0) is 42.8 Å². The first-order chi connectivity index (χ1) is 13.2. The number of carbonyl (C=O) groups excluding carboxylic acids is 1. The van der Waals surface area contributed by atoms with E-state index in [0.29, 0.717) is 5.56 Å². The summed E-state index contributed by atoms with van der Waals surface area (Å²) in [5, 5.41) is 2.62. The SMILES string of the molecule is CC(NC(=O)/C=C/c1ccc(OC(F)F)cc1OC(F)F)c1ccc(F)cc1. The Kier molecular flexibility index (Phi) is 7.36. The smallest absolute Gasteiger partial charge is 0.387 e. The molecule has 150 valence electrons. The van der Waals surface area contributed by atoms with Crippen LogP contribution in [0.4, 0.5) is 22.0 Å². The highest BCUT2D eigenvalue weighted by Gasteiger charge is 2.13. The Bertz CT molecular complexity index is 825. The zero-order chi connectivity index (χ0) is 20.7. The molecular weight excluding hydrogens is 385 g/mol. The van der Waals surface area contributed by atoms with Gasteiger partial charge in [0.1, 0.15) is 17.3 Å². The van der Waals surface area contributed by atoms with Crippen LogP contribution in [0.1, 0.15) is 24.1 Å². The van der Waals surface area contributed by atoms with Gasteiger partial charge < -0.3 is 14.8 Å². The number of rotatable bonds is 8. The summed E-state index contributed by atoms with van der Waals surface area (Å²) in [7, 11) is 0. The molecule has 0 saturated heterocycles. The van der Waals surface area contributed by atoms with E-state index >= 15 is 0 Å². The molecule has 0 aliphatic carbocycles. The summed E-state index contributed by atoms with van der Waals surface area (Å²) in [5.41, 5.74) is 0.727. The maximum atomic E-state index is 12.9. The van der Waals surface area contributed by atoms with Gasteiger partial charge in [-0.2, -0.15) is 17.6 Å². The Balaban J connectivity index is 2.10. The highest BCUT2D eigenvalue weighted by Crippen LogP contribution is 2.28. The molecule has 0 radical (unpaired) electrons. The third-order valence-corrected chi connectivity index (χ3v) is 3.57. The molecule has 1 N–H and O–H groups in total. The van der Waals surface area contributed by atoms with Crippen molar-refractivity contribution in [2.45, 2.75) is 26.2 Å². The summed E-state index contributed by atoms with van der Waals surface area (Å²) in [4.78, 5) is 12.0. The fraction of sp³-hybridized carbons (Fsp3) is 0.211. The van der Waals surface area contributed by atoms with Crippen LogP contribution in [-0.2, 0) is 4.79 Å². The molecule has 0 fully saturated rings. The van der Waals surface area contributed by atoms with Gasteiger partial charge in [0.25, 0.3) is 0 Å². The molecule has 2 aromatic rings. The van der Waals surface area contributed by atoms with Gasteiger partial charge in [0, 0.05) is 17.7 Å². The maximum Gasteiger partial charge on any atom is 0.387 e. The standard InChI is InChI=1S/C19H16F5NO3/c1-11(12-2-6-14(20)7-3-12)25-17(26)9-5-13-4-8-15(27-18(21)22)10-16(13)28-19(23)24/h2-11,18-19H,1H3,(H,25,26)/b9-5+. The summed E-state index contributed by atoms with van der Waals surface area (Å²) in [5.74, 6) is -1.75. The molecule has 9 heteroatoms. The number of ether oxygens (including phenoxy) is 2. The van der Waals surface area contributed by atoms with E-state index in [2.05, 4.69) is 14.8 Å². The fourth-order valence-electron chi connectivity index (χ4n) is 2.29. The first-order valence-electron chi connectivity index (χ1n) is 8.02. The van der Waals surface area contributed by atoms with Crippen LogP contribution in [0.15, 0.2) is 48.5 Å². The van der Waals surface area contributed by atoms with Crippen LogP contribution in [-0.4, -0.2) is 19.1 Å². The Hall–Kier alpha value is -3.10. The Morgan fingerprint density at radius 1 is 1.00 bits per heavy atom. The molecule has 1 amide bonds. The van der Waals surface area contributed by atoms with Gasteiger partial charge in [-0.15, -0.1) is 0 Å². The first-order valence-corrected chi connectivity index (χ1v) is 8.02. The van der Waals surface area contributed by atoms with Crippen molar-refractivity contribution in [2.24, 2.45) is 0 Å². The van der Waals surface area contributed by atoms with E-state index in [0.717, 1.165) is 18.2 Å². The zero-order valence-corrected chi connectivity index (χ0v) is 14.5. The minimum atomic E-state index is -3.19. The number of halogens is 5. The molecule has 1 unspecified atom stereocenters. The zero-order valence-electron chi connectivity index (χ0n) is 14.5. The summed E-state index contributed by atoms with van der Waals surface area (Å²) in [6, 6.07) is 8.30. The molecule has 0 aromatic heterocycles. The van der Waals surface area contributed by atoms with Crippen LogP contribution in [0.25, 0.3) is 6.08 Å². The lowest BCUT2D eigenvalue weighted by Crippen LogP contribution is -2.24. The van der Waals surface area contributed by atoms with E-state index in [1.165, 1.54) is 36.4 Å². The van der Waals surface area contributed by atoms with Gasteiger partial charge in [0.05, 0.1) is 6.04 Å².